The molecule has 176 valence electrons. The van der Waals surface area contributed by atoms with Gasteiger partial charge in [0.15, 0.2) is 16.4 Å². The molecule has 3 aromatic rings. The van der Waals surface area contributed by atoms with Gasteiger partial charge in [0.25, 0.3) is 11.8 Å². The summed E-state index contributed by atoms with van der Waals surface area (Å²) in [6, 6.07) is 9.57. The molecular weight excluding hydrogens is 460 g/mol. The first-order valence-electron chi connectivity index (χ1n) is 9.67. The van der Waals surface area contributed by atoms with Crippen LogP contribution in [0.2, 0.25) is 0 Å². The van der Waals surface area contributed by atoms with Crippen LogP contribution in [0.5, 0.6) is 5.75 Å². The number of benzene rings is 2. The number of hydrogen-bond acceptors (Lipinski definition) is 8. The summed E-state index contributed by atoms with van der Waals surface area (Å²) in [5.41, 5.74) is 2.29. The van der Waals surface area contributed by atoms with Gasteiger partial charge in [0, 0.05) is 17.9 Å². The zero-order valence-electron chi connectivity index (χ0n) is 17.7. The third-order valence-corrected chi connectivity index (χ3v) is 7.19. The van der Waals surface area contributed by atoms with Crippen molar-refractivity contribution in [2.75, 3.05) is 6.26 Å². The van der Waals surface area contributed by atoms with Crippen LogP contribution >= 0.6 is 0 Å². The van der Waals surface area contributed by atoms with Gasteiger partial charge in [-0.15, -0.1) is 0 Å². The lowest BCUT2D eigenvalue weighted by Crippen LogP contribution is -2.49. The molecule has 0 radical (unpaired) electrons. The van der Waals surface area contributed by atoms with Crippen molar-refractivity contribution < 1.29 is 36.5 Å². The number of nitrogens with zero attached hydrogens (tertiary/aromatic N) is 2. The van der Waals surface area contributed by atoms with Crippen molar-refractivity contribution in [3.63, 3.8) is 0 Å². The highest BCUT2D eigenvalue weighted by molar-refractivity contribution is 7.92. The highest BCUT2D eigenvalue weighted by Gasteiger charge is 2.43. The molecular formula is C21H21F2N3O6S. The van der Waals surface area contributed by atoms with Crippen LogP contribution in [0.15, 0.2) is 47.0 Å². The molecule has 0 saturated heterocycles. The zero-order valence-corrected chi connectivity index (χ0v) is 18.5. The fourth-order valence-electron chi connectivity index (χ4n) is 2.98. The summed E-state index contributed by atoms with van der Waals surface area (Å²) in [5.74, 6) is -1.96. The van der Waals surface area contributed by atoms with Gasteiger partial charge in [0.05, 0.1) is 0 Å². The summed E-state index contributed by atoms with van der Waals surface area (Å²) in [6.07, 6.45) is 1.16. The second kappa shape index (κ2) is 9.63. The van der Waals surface area contributed by atoms with E-state index in [2.05, 4.69) is 10.1 Å². The average molecular weight is 481 g/mol. The lowest BCUT2D eigenvalue weighted by Gasteiger charge is -2.25. The number of aryl methyl sites for hydroxylation is 1. The fourth-order valence-corrected chi connectivity index (χ4v) is 3.83. The van der Waals surface area contributed by atoms with Crippen LogP contribution in [-0.2, 0) is 27.7 Å². The molecule has 0 aliphatic carbocycles. The summed E-state index contributed by atoms with van der Waals surface area (Å²) in [5, 5.41) is 12.6. The molecule has 1 heterocycles. The Morgan fingerprint density at radius 1 is 1.18 bits per heavy atom. The molecule has 2 N–H and O–H groups in total. The predicted molar refractivity (Wildman–Crippen MR) is 112 cm³/mol. The minimum Gasteiger partial charge on any atom is -0.484 e. The number of hydroxylamine groups is 1. The first-order valence-corrected chi connectivity index (χ1v) is 11.6. The van der Waals surface area contributed by atoms with Crippen molar-refractivity contribution in [2.45, 2.75) is 31.1 Å². The number of rotatable bonds is 9. The van der Waals surface area contributed by atoms with Crippen LogP contribution in [0.3, 0.4) is 0 Å². The average Bonchev–Trinajstić information content (AvgIpc) is 3.24. The van der Waals surface area contributed by atoms with E-state index in [4.69, 9.17) is 14.5 Å². The predicted octanol–water partition coefficient (Wildman–Crippen LogP) is 2.84. The molecule has 1 unspecified atom stereocenters. The Hall–Kier alpha value is -3.38. The van der Waals surface area contributed by atoms with Gasteiger partial charge in [-0.1, -0.05) is 17.3 Å². The standard InChI is InChI=1S/C21H21F2N3O6S/c1-21(20(27)25-28,33(2,29)30)8-7-13-3-5-17(6-4-13)31-12-18-24-19(26-32-18)14-9-15(22)11-16(23)10-14/h3-6,9-11,28H,7-8,12H2,1-2H3,(H,25,27). The van der Waals surface area contributed by atoms with Gasteiger partial charge in [-0.25, -0.2) is 22.7 Å². The maximum absolute atomic E-state index is 13.3. The largest absolute Gasteiger partial charge is 0.484 e. The molecule has 0 aliphatic rings. The Morgan fingerprint density at radius 3 is 2.39 bits per heavy atom. The van der Waals surface area contributed by atoms with Crippen LogP contribution in [0, 0.1) is 11.6 Å². The number of nitrogens with one attached hydrogen (secondary N) is 1. The van der Waals surface area contributed by atoms with Crippen molar-refractivity contribution in [1.29, 1.82) is 0 Å². The van der Waals surface area contributed by atoms with Crippen LogP contribution in [0.4, 0.5) is 8.78 Å². The molecule has 12 heteroatoms. The number of ether oxygens (including phenoxy) is 1. The molecule has 0 bridgehead atoms. The molecule has 2 aromatic carbocycles. The highest BCUT2D eigenvalue weighted by atomic mass is 32.2. The van der Waals surface area contributed by atoms with Crippen molar-refractivity contribution >= 4 is 15.7 Å². The van der Waals surface area contributed by atoms with E-state index in [1.807, 2.05) is 0 Å². The zero-order chi connectivity index (χ0) is 24.2. The third kappa shape index (κ3) is 5.71. The van der Waals surface area contributed by atoms with E-state index in [0.29, 0.717) is 5.75 Å². The van der Waals surface area contributed by atoms with Gasteiger partial charge >= 0.3 is 0 Å². The van der Waals surface area contributed by atoms with Gasteiger partial charge in [-0.3, -0.25) is 10.0 Å². The Kier molecular flexibility index (Phi) is 7.08. The normalized spacial score (nSPS) is 13.4. The topological polar surface area (TPSA) is 132 Å². The van der Waals surface area contributed by atoms with Crippen molar-refractivity contribution in [1.82, 2.24) is 15.6 Å². The summed E-state index contributed by atoms with van der Waals surface area (Å²) in [4.78, 5) is 15.9. The number of amides is 1. The molecule has 0 spiro atoms. The van der Waals surface area contributed by atoms with Crippen molar-refractivity contribution in [3.8, 4) is 17.1 Å². The van der Waals surface area contributed by atoms with E-state index < -0.39 is 32.1 Å². The van der Waals surface area contributed by atoms with Gasteiger partial charge < -0.3 is 9.26 Å². The van der Waals surface area contributed by atoms with Crippen molar-refractivity contribution in [2.24, 2.45) is 0 Å². The molecule has 0 saturated carbocycles. The quantitative estimate of drug-likeness (QED) is 0.352. The molecule has 33 heavy (non-hydrogen) atoms. The van der Waals surface area contributed by atoms with E-state index in [9.17, 15) is 22.0 Å². The monoisotopic (exact) mass is 481 g/mol. The second-order valence-electron chi connectivity index (χ2n) is 7.55. The minimum atomic E-state index is -3.78. The number of carbonyl (C=O) groups excluding carboxylic acids is 1. The molecule has 0 fully saturated rings. The number of aromatic nitrogens is 2. The molecule has 1 atom stereocenters. The summed E-state index contributed by atoms with van der Waals surface area (Å²) < 4.78 is 59.6. The van der Waals surface area contributed by atoms with Crippen LogP contribution in [-0.4, -0.2) is 40.7 Å². The smallest absolute Gasteiger partial charge is 0.264 e. The molecule has 0 aliphatic heterocycles. The Balaban J connectivity index is 1.60. The number of hydrogen-bond donors (Lipinski definition) is 2. The Bertz CT molecular complexity index is 1230. The lowest BCUT2D eigenvalue weighted by molar-refractivity contribution is -0.131. The van der Waals surface area contributed by atoms with Crippen molar-refractivity contribution in [3.05, 3.63) is 65.6 Å². The third-order valence-electron chi connectivity index (χ3n) is 5.17. The number of sulfone groups is 1. The summed E-state index contributed by atoms with van der Waals surface area (Å²) >= 11 is 0. The Labute approximate surface area is 188 Å². The SMILES string of the molecule is CC(CCc1ccc(OCc2nc(-c3cc(F)cc(F)c3)no2)cc1)(C(=O)NO)S(C)(=O)=O. The minimum absolute atomic E-state index is 0.0168. The first kappa shape index (κ1) is 24.3. The molecule has 1 aromatic heterocycles. The van der Waals surface area contributed by atoms with E-state index >= 15 is 0 Å². The summed E-state index contributed by atoms with van der Waals surface area (Å²) in [6.45, 7) is 1.16. The van der Waals surface area contributed by atoms with Gasteiger partial charge in [-0.2, -0.15) is 4.98 Å². The maximum Gasteiger partial charge on any atom is 0.264 e. The lowest BCUT2D eigenvalue weighted by atomic mass is 9.99. The van der Waals surface area contributed by atoms with E-state index in [-0.39, 0.29) is 36.7 Å². The maximum atomic E-state index is 13.3. The van der Waals surface area contributed by atoms with E-state index in [1.165, 1.54) is 12.4 Å². The van der Waals surface area contributed by atoms with Crippen LogP contribution in [0.1, 0.15) is 24.8 Å². The van der Waals surface area contributed by atoms with E-state index in [0.717, 1.165) is 30.0 Å². The van der Waals surface area contributed by atoms with Gasteiger partial charge in [-0.05, 0) is 49.6 Å². The molecule has 9 nitrogen and oxygen atoms in total. The second-order valence-corrected chi connectivity index (χ2v) is 9.99. The fraction of sp³-hybridized carbons (Fsp3) is 0.286. The number of halogens is 2. The summed E-state index contributed by atoms with van der Waals surface area (Å²) in [7, 11) is -3.78. The first-order chi connectivity index (χ1) is 15.5. The van der Waals surface area contributed by atoms with E-state index in [1.54, 1.807) is 24.3 Å². The molecule has 3 rings (SSSR count). The molecule has 1 amide bonds. The van der Waals surface area contributed by atoms with Crippen LogP contribution in [0.25, 0.3) is 11.4 Å². The Morgan fingerprint density at radius 2 is 1.82 bits per heavy atom. The van der Waals surface area contributed by atoms with Gasteiger partial charge in [0.1, 0.15) is 22.1 Å². The van der Waals surface area contributed by atoms with Crippen LogP contribution < -0.4 is 10.2 Å². The highest BCUT2D eigenvalue weighted by Crippen LogP contribution is 2.25. The number of carbonyl (C=O) groups is 1. The van der Waals surface area contributed by atoms with Gasteiger partial charge in [0.2, 0.25) is 5.82 Å².